The highest BCUT2D eigenvalue weighted by Gasteiger charge is 2.17. The number of aromatic nitrogens is 1. The zero-order valence-electron chi connectivity index (χ0n) is 21.8. The SMILES string of the molecule is CCN(CC)C(=S)SCC(=O)Nc1ccc2nc(SCC(=O)NC(c3ccccc3)c3ccccc3)sc2c1. The van der Waals surface area contributed by atoms with E-state index in [2.05, 4.69) is 20.5 Å². The lowest BCUT2D eigenvalue weighted by atomic mass is 9.99. The molecule has 1 aromatic heterocycles. The number of rotatable bonds is 11. The van der Waals surface area contributed by atoms with Crippen LogP contribution >= 0.6 is 47.1 Å². The minimum atomic E-state index is -0.221. The maximum atomic E-state index is 12.9. The second kappa shape index (κ2) is 14.5. The average molecular weight is 595 g/mol. The van der Waals surface area contributed by atoms with E-state index in [1.807, 2.05) is 92.7 Å². The molecule has 0 aliphatic carbocycles. The summed E-state index contributed by atoms with van der Waals surface area (Å²) in [5.74, 6) is 0.351. The number of benzene rings is 3. The fourth-order valence-corrected chi connectivity index (χ4v) is 7.04. The first-order valence-electron chi connectivity index (χ1n) is 12.6. The Morgan fingerprint density at radius 1 is 0.923 bits per heavy atom. The summed E-state index contributed by atoms with van der Waals surface area (Å²) in [7, 11) is 0. The summed E-state index contributed by atoms with van der Waals surface area (Å²) in [6.45, 7) is 5.75. The molecule has 2 amide bonds. The van der Waals surface area contributed by atoms with Crippen LogP contribution in [0.4, 0.5) is 5.69 Å². The summed E-state index contributed by atoms with van der Waals surface area (Å²) in [6, 6.07) is 25.4. The number of anilines is 1. The molecule has 0 bridgehead atoms. The molecule has 39 heavy (non-hydrogen) atoms. The second-order valence-electron chi connectivity index (χ2n) is 8.55. The summed E-state index contributed by atoms with van der Waals surface area (Å²) in [4.78, 5) is 32.1. The van der Waals surface area contributed by atoms with E-state index in [1.165, 1.54) is 34.9 Å². The molecule has 6 nitrogen and oxygen atoms in total. The van der Waals surface area contributed by atoms with Gasteiger partial charge in [-0.1, -0.05) is 96.4 Å². The molecule has 0 radical (unpaired) electrons. The predicted octanol–water partition coefficient (Wildman–Crippen LogP) is 6.59. The van der Waals surface area contributed by atoms with E-state index in [-0.39, 0.29) is 29.4 Å². The van der Waals surface area contributed by atoms with E-state index in [0.717, 1.165) is 43.1 Å². The van der Waals surface area contributed by atoms with Crippen molar-refractivity contribution < 1.29 is 9.59 Å². The predicted molar refractivity (Wildman–Crippen MR) is 170 cm³/mol. The van der Waals surface area contributed by atoms with Crippen LogP contribution in [0.1, 0.15) is 31.0 Å². The molecule has 0 atom stereocenters. The van der Waals surface area contributed by atoms with Gasteiger partial charge in [0.25, 0.3) is 0 Å². The van der Waals surface area contributed by atoms with Gasteiger partial charge >= 0.3 is 0 Å². The number of nitrogens with one attached hydrogen (secondary N) is 2. The number of amides is 2. The van der Waals surface area contributed by atoms with Crippen molar-refractivity contribution in [2.45, 2.75) is 24.2 Å². The minimum Gasteiger partial charge on any atom is -0.358 e. The lowest BCUT2D eigenvalue weighted by molar-refractivity contribution is -0.119. The molecule has 4 aromatic rings. The molecule has 0 aliphatic rings. The highest BCUT2D eigenvalue weighted by molar-refractivity contribution is 8.23. The largest absolute Gasteiger partial charge is 0.358 e. The fourth-order valence-electron chi connectivity index (χ4n) is 3.92. The van der Waals surface area contributed by atoms with Crippen LogP contribution in [0.3, 0.4) is 0 Å². The normalized spacial score (nSPS) is 10.9. The van der Waals surface area contributed by atoms with Crippen LogP contribution in [0.15, 0.2) is 83.2 Å². The smallest absolute Gasteiger partial charge is 0.234 e. The molecular weight excluding hydrogens is 565 g/mol. The molecule has 0 saturated carbocycles. The molecule has 0 spiro atoms. The Morgan fingerprint density at radius 2 is 1.56 bits per heavy atom. The highest BCUT2D eigenvalue weighted by atomic mass is 32.2. The molecule has 4 rings (SSSR count). The van der Waals surface area contributed by atoms with Crippen molar-refractivity contribution in [3.8, 4) is 0 Å². The monoisotopic (exact) mass is 594 g/mol. The number of thioether (sulfide) groups is 2. The van der Waals surface area contributed by atoms with Gasteiger partial charge in [0.2, 0.25) is 11.8 Å². The lowest BCUT2D eigenvalue weighted by Gasteiger charge is -2.20. The maximum absolute atomic E-state index is 12.9. The molecule has 202 valence electrons. The van der Waals surface area contributed by atoms with E-state index in [1.54, 1.807) is 0 Å². The van der Waals surface area contributed by atoms with E-state index < -0.39 is 0 Å². The number of carbonyl (C=O) groups is 2. The Balaban J connectivity index is 1.34. The standard InChI is InChI=1S/C29H30N4O2S4/c1-3-33(4-2)29(36)38-19-25(34)30-22-15-16-23-24(17-22)39-28(31-23)37-18-26(35)32-27(20-11-7-5-8-12-20)21-13-9-6-10-14-21/h5-17,27H,3-4,18-19H2,1-2H3,(H,30,34)(H,32,35). The Kier molecular flexibility index (Phi) is 10.8. The Morgan fingerprint density at radius 3 is 2.18 bits per heavy atom. The molecule has 10 heteroatoms. The van der Waals surface area contributed by atoms with Crippen molar-refractivity contribution in [1.29, 1.82) is 0 Å². The van der Waals surface area contributed by atoms with Crippen molar-refractivity contribution in [3.05, 3.63) is 90.0 Å². The third kappa shape index (κ3) is 8.28. The number of fused-ring (bicyclic) bond motifs is 1. The molecule has 0 aliphatic heterocycles. The van der Waals surface area contributed by atoms with Gasteiger partial charge in [-0.3, -0.25) is 9.59 Å². The Labute approximate surface area is 247 Å². The average Bonchev–Trinajstić information content (AvgIpc) is 3.37. The van der Waals surface area contributed by atoms with Gasteiger partial charge in [0.15, 0.2) is 4.34 Å². The first-order valence-corrected chi connectivity index (χ1v) is 15.8. The van der Waals surface area contributed by atoms with E-state index >= 15 is 0 Å². The van der Waals surface area contributed by atoms with Crippen LogP contribution in [0.5, 0.6) is 0 Å². The Bertz CT molecular complexity index is 1370. The first kappa shape index (κ1) is 29.1. The van der Waals surface area contributed by atoms with Crippen LogP contribution in [-0.4, -0.2) is 50.6 Å². The molecule has 1 heterocycles. The lowest BCUT2D eigenvalue weighted by Crippen LogP contribution is -2.30. The second-order valence-corrected chi connectivity index (χ2v) is 12.4. The quantitative estimate of drug-likeness (QED) is 0.150. The fraction of sp³-hybridized carbons (Fsp3) is 0.241. The summed E-state index contributed by atoms with van der Waals surface area (Å²) in [6.07, 6.45) is 0. The van der Waals surface area contributed by atoms with Crippen molar-refractivity contribution in [2.24, 2.45) is 0 Å². The van der Waals surface area contributed by atoms with Crippen LogP contribution in [0.2, 0.25) is 0 Å². The molecule has 0 fully saturated rings. The van der Waals surface area contributed by atoms with Crippen molar-refractivity contribution in [1.82, 2.24) is 15.2 Å². The van der Waals surface area contributed by atoms with Gasteiger partial charge in [0.05, 0.1) is 27.8 Å². The van der Waals surface area contributed by atoms with Crippen molar-refractivity contribution >= 4 is 79.1 Å². The van der Waals surface area contributed by atoms with Crippen molar-refractivity contribution in [3.63, 3.8) is 0 Å². The van der Waals surface area contributed by atoms with Gasteiger partial charge < -0.3 is 15.5 Å². The van der Waals surface area contributed by atoms with Gasteiger partial charge in [0, 0.05) is 18.8 Å². The third-order valence-corrected chi connectivity index (χ3v) is 9.58. The van der Waals surface area contributed by atoms with Gasteiger partial charge in [-0.15, -0.1) is 11.3 Å². The Hall–Kier alpha value is -2.92. The summed E-state index contributed by atoms with van der Waals surface area (Å²) >= 11 is 9.70. The first-order chi connectivity index (χ1) is 19.0. The number of hydrogen-bond acceptors (Lipinski definition) is 7. The van der Waals surface area contributed by atoms with Crippen LogP contribution < -0.4 is 10.6 Å². The number of hydrogen-bond donors (Lipinski definition) is 2. The van der Waals surface area contributed by atoms with Gasteiger partial charge in [-0.05, 0) is 43.2 Å². The molecule has 2 N–H and O–H groups in total. The van der Waals surface area contributed by atoms with Crippen LogP contribution in [-0.2, 0) is 9.59 Å². The number of nitrogens with zero attached hydrogens (tertiary/aromatic N) is 2. The molecule has 0 saturated heterocycles. The highest BCUT2D eigenvalue weighted by Crippen LogP contribution is 2.31. The van der Waals surface area contributed by atoms with Crippen LogP contribution in [0, 0.1) is 0 Å². The van der Waals surface area contributed by atoms with Crippen LogP contribution in [0.25, 0.3) is 10.2 Å². The van der Waals surface area contributed by atoms with E-state index in [0.29, 0.717) is 5.69 Å². The van der Waals surface area contributed by atoms with Gasteiger partial charge in [-0.2, -0.15) is 0 Å². The minimum absolute atomic E-state index is 0.0648. The molecular formula is C29H30N4O2S4. The topological polar surface area (TPSA) is 74.3 Å². The summed E-state index contributed by atoms with van der Waals surface area (Å²) in [5.41, 5.74) is 3.62. The number of thiocarbonyl (C=S) groups is 1. The van der Waals surface area contributed by atoms with E-state index in [9.17, 15) is 9.59 Å². The van der Waals surface area contributed by atoms with Gasteiger partial charge in [-0.25, -0.2) is 4.98 Å². The maximum Gasteiger partial charge on any atom is 0.234 e. The third-order valence-electron chi connectivity index (χ3n) is 5.90. The van der Waals surface area contributed by atoms with Gasteiger partial charge in [0.1, 0.15) is 4.32 Å². The summed E-state index contributed by atoms with van der Waals surface area (Å²) < 4.78 is 2.49. The zero-order chi connectivity index (χ0) is 27.6. The van der Waals surface area contributed by atoms with E-state index in [4.69, 9.17) is 12.2 Å². The number of carbonyl (C=O) groups excluding carboxylic acids is 2. The summed E-state index contributed by atoms with van der Waals surface area (Å²) in [5, 5.41) is 6.12. The van der Waals surface area contributed by atoms with Crippen molar-refractivity contribution in [2.75, 3.05) is 29.9 Å². The molecule has 0 unspecified atom stereocenters. The molecule has 3 aromatic carbocycles. The zero-order valence-corrected chi connectivity index (χ0v) is 25.0. The number of thiazole rings is 1.